The molecule has 1 amide bonds. The summed E-state index contributed by atoms with van der Waals surface area (Å²) >= 11 is 1.78. The van der Waals surface area contributed by atoms with Gasteiger partial charge in [0, 0.05) is 13.6 Å². The molecule has 4 rings (SSSR count). The van der Waals surface area contributed by atoms with Crippen LogP contribution >= 0.6 is 11.3 Å². The summed E-state index contributed by atoms with van der Waals surface area (Å²) in [5.74, 6) is 0.242. The lowest BCUT2D eigenvalue weighted by atomic mass is 9.97. The number of likely N-dealkylation sites (N-methyl/N-ethyl adjacent to an activating group) is 1. The SMILES string of the molecule is C[C@H](C(=O)N(C)Cc1cccc(F)c1)[NH+]1CCC[C@H](c2nc3ccccc3s2)C1. The van der Waals surface area contributed by atoms with E-state index in [0.717, 1.165) is 37.0 Å². The number of rotatable bonds is 5. The summed E-state index contributed by atoms with van der Waals surface area (Å²) < 4.78 is 14.7. The van der Waals surface area contributed by atoms with E-state index in [1.165, 1.54) is 26.7 Å². The number of aromatic nitrogens is 1. The van der Waals surface area contributed by atoms with Crippen LogP contribution in [-0.4, -0.2) is 42.0 Å². The summed E-state index contributed by atoms with van der Waals surface area (Å²) in [4.78, 5) is 20.9. The molecule has 0 saturated carbocycles. The van der Waals surface area contributed by atoms with Gasteiger partial charge >= 0.3 is 0 Å². The second kappa shape index (κ2) is 8.59. The molecule has 3 atom stereocenters. The Kier molecular flexibility index (Phi) is 5.92. The summed E-state index contributed by atoms with van der Waals surface area (Å²) in [6, 6.07) is 14.6. The molecular weight excluding hydrogens is 385 g/mol. The topological polar surface area (TPSA) is 37.6 Å². The fourth-order valence-corrected chi connectivity index (χ4v) is 5.36. The highest BCUT2D eigenvalue weighted by Gasteiger charge is 2.34. The molecule has 3 aromatic rings. The Labute approximate surface area is 175 Å². The van der Waals surface area contributed by atoms with Crippen LogP contribution in [0.1, 0.15) is 36.3 Å². The predicted octanol–water partition coefficient (Wildman–Crippen LogP) is 3.24. The average molecular weight is 413 g/mol. The minimum absolute atomic E-state index is 0.106. The van der Waals surface area contributed by atoms with Gasteiger partial charge in [0.25, 0.3) is 5.91 Å². The number of nitrogens with zero attached hydrogens (tertiary/aromatic N) is 2. The van der Waals surface area contributed by atoms with E-state index in [9.17, 15) is 9.18 Å². The Morgan fingerprint density at radius 2 is 2.14 bits per heavy atom. The standard InChI is InChI=1S/C23H26FN3OS/c1-16(23(28)26(2)14-17-7-5-9-19(24)13-17)27-12-6-8-18(15-27)22-25-20-10-3-4-11-21(20)29-22/h3-5,7,9-11,13,16,18H,6,8,12,14-15H2,1-2H3/p+1/t16-,18+/m1/s1. The molecule has 2 heterocycles. The number of para-hydroxylation sites is 1. The van der Waals surface area contributed by atoms with E-state index in [4.69, 9.17) is 4.98 Å². The van der Waals surface area contributed by atoms with Crippen LogP contribution in [0.5, 0.6) is 0 Å². The third kappa shape index (κ3) is 4.49. The summed E-state index contributed by atoms with van der Waals surface area (Å²) in [7, 11) is 1.80. The molecule has 29 heavy (non-hydrogen) atoms. The van der Waals surface area contributed by atoms with Crippen LogP contribution < -0.4 is 4.90 Å². The Hall–Kier alpha value is -2.31. The number of fused-ring (bicyclic) bond motifs is 1. The van der Waals surface area contributed by atoms with Crippen molar-refractivity contribution >= 4 is 27.5 Å². The zero-order valence-corrected chi connectivity index (χ0v) is 17.7. The van der Waals surface area contributed by atoms with Gasteiger partial charge in [0.05, 0.1) is 29.2 Å². The molecule has 6 heteroatoms. The predicted molar refractivity (Wildman–Crippen MR) is 115 cm³/mol. The quantitative estimate of drug-likeness (QED) is 0.699. The van der Waals surface area contributed by atoms with Gasteiger partial charge in [-0.15, -0.1) is 11.3 Å². The second-order valence-corrected chi connectivity index (χ2v) is 9.08. The zero-order valence-electron chi connectivity index (χ0n) is 16.9. The average Bonchev–Trinajstić information content (AvgIpc) is 3.17. The molecule has 0 bridgehead atoms. The van der Waals surface area contributed by atoms with Crippen molar-refractivity contribution < 1.29 is 14.1 Å². The largest absolute Gasteiger partial charge is 0.336 e. The summed E-state index contributed by atoms with van der Waals surface area (Å²) in [6.45, 7) is 4.37. The van der Waals surface area contributed by atoms with Gasteiger partial charge in [0.2, 0.25) is 0 Å². The van der Waals surface area contributed by atoms with Gasteiger partial charge in [-0.2, -0.15) is 0 Å². The van der Waals surface area contributed by atoms with Crippen molar-refractivity contribution in [2.24, 2.45) is 0 Å². The Bertz CT molecular complexity index is 971. The molecule has 1 saturated heterocycles. The van der Waals surface area contributed by atoms with Gasteiger partial charge in [-0.25, -0.2) is 9.37 Å². The fraction of sp³-hybridized carbons (Fsp3) is 0.391. The first-order chi connectivity index (χ1) is 14.0. The molecule has 1 unspecified atom stereocenters. The number of benzene rings is 2. The van der Waals surface area contributed by atoms with Crippen LogP contribution in [0.4, 0.5) is 4.39 Å². The smallest absolute Gasteiger partial charge is 0.280 e. The number of halogens is 1. The molecule has 152 valence electrons. The summed E-state index contributed by atoms with van der Waals surface area (Å²) in [5, 5.41) is 1.19. The van der Waals surface area contributed by atoms with Gasteiger partial charge < -0.3 is 9.80 Å². The van der Waals surface area contributed by atoms with Gasteiger partial charge in [0.1, 0.15) is 10.8 Å². The molecule has 1 N–H and O–H groups in total. The molecule has 1 aromatic heterocycles. The lowest BCUT2D eigenvalue weighted by molar-refractivity contribution is -0.920. The minimum atomic E-state index is -0.267. The maximum atomic E-state index is 13.4. The van der Waals surface area contributed by atoms with Crippen molar-refractivity contribution in [2.45, 2.75) is 38.3 Å². The van der Waals surface area contributed by atoms with Gasteiger partial charge in [-0.3, -0.25) is 4.79 Å². The number of likely N-dealkylation sites (tertiary alicyclic amines) is 1. The fourth-order valence-electron chi connectivity index (χ4n) is 4.26. The Balaban J connectivity index is 1.42. The number of hydrogen-bond donors (Lipinski definition) is 1. The number of amides is 1. The van der Waals surface area contributed by atoms with Crippen LogP contribution in [0.3, 0.4) is 0 Å². The monoisotopic (exact) mass is 412 g/mol. The molecule has 1 fully saturated rings. The minimum Gasteiger partial charge on any atom is -0.336 e. The van der Waals surface area contributed by atoms with Crippen LogP contribution in [0.2, 0.25) is 0 Å². The van der Waals surface area contributed by atoms with Crippen molar-refractivity contribution in [3.63, 3.8) is 0 Å². The first kappa shape index (κ1) is 20.0. The third-order valence-electron chi connectivity index (χ3n) is 5.89. The molecule has 4 nitrogen and oxygen atoms in total. The molecular formula is C23H27FN3OS+. The number of hydrogen-bond acceptors (Lipinski definition) is 3. The first-order valence-electron chi connectivity index (χ1n) is 10.2. The lowest BCUT2D eigenvalue weighted by Crippen LogP contribution is -3.17. The molecule has 0 spiro atoms. The van der Waals surface area contributed by atoms with E-state index >= 15 is 0 Å². The van der Waals surface area contributed by atoms with Crippen molar-refractivity contribution in [3.8, 4) is 0 Å². The number of nitrogens with one attached hydrogen (secondary N) is 1. The normalized spacial score (nSPS) is 20.5. The van der Waals surface area contributed by atoms with Crippen molar-refractivity contribution in [1.82, 2.24) is 9.88 Å². The number of thiazole rings is 1. The van der Waals surface area contributed by atoms with Gasteiger partial charge in [-0.05, 0) is 49.6 Å². The zero-order chi connectivity index (χ0) is 20.4. The van der Waals surface area contributed by atoms with Crippen molar-refractivity contribution in [3.05, 3.63) is 64.9 Å². The maximum Gasteiger partial charge on any atom is 0.280 e. The highest BCUT2D eigenvalue weighted by molar-refractivity contribution is 7.18. The number of carbonyl (C=O) groups is 1. The van der Waals surface area contributed by atoms with E-state index in [1.54, 1.807) is 29.4 Å². The van der Waals surface area contributed by atoms with Gasteiger partial charge in [-0.1, -0.05) is 24.3 Å². The Morgan fingerprint density at radius 1 is 1.31 bits per heavy atom. The van der Waals surface area contributed by atoms with Crippen LogP contribution in [0.15, 0.2) is 48.5 Å². The molecule has 0 radical (unpaired) electrons. The number of quaternary nitrogens is 1. The number of carbonyl (C=O) groups excluding carboxylic acids is 1. The van der Waals surface area contributed by atoms with Crippen molar-refractivity contribution in [2.75, 3.05) is 20.1 Å². The highest BCUT2D eigenvalue weighted by atomic mass is 32.1. The van der Waals surface area contributed by atoms with Crippen molar-refractivity contribution in [1.29, 1.82) is 0 Å². The van der Waals surface area contributed by atoms with Crippen LogP contribution in [0.25, 0.3) is 10.2 Å². The molecule has 1 aliphatic heterocycles. The highest BCUT2D eigenvalue weighted by Crippen LogP contribution is 2.30. The van der Waals surface area contributed by atoms with E-state index in [2.05, 4.69) is 18.2 Å². The molecule has 2 aromatic carbocycles. The Morgan fingerprint density at radius 3 is 2.93 bits per heavy atom. The second-order valence-electron chi connectivity index (χ2n) is 8.02. The third-order valence-corrected chi connectivity index (χ3v) is 7.09. The molecule has 1 aliphatic rings. The summed E-state index contributed by atoms with van der Waals surface area (Å²) in [5.41, 5.74) is 1.88. The molecule has 0 aliphatic carbocycles. The van der Waals surface area contributed by atoms with Crippen LogP contribution in [-0.2, 0) is 11.3 Å². The maximum absolute atomic E-state index is 13.4. The lowest BCUT2D eigenvalue weighted by Gasteiger charge is -2.34. The van der Waals surface area contributed by atoms with E-state index < -0.39 is 0 Å². The number of piperidine rings is 1. The van der Waals surface area contributed by atoms with Gasteiger partial charge in [0.15, 0.2) is 6.04 Å². The van der Waals surface area contributed by atoms with Crippen LogP contribution in [0, 0.1) is 5.82 Å². The first-order valence-corrected chi connectivity index (χ1v) is 11.0. The van der Waals surface area contributed by atoms with E-state index in [1.807, 2.05) is 19.1 Å². The van der Waals surface area contributed by atoms with E-state index in [-0.39, 0.29) is 17.8 Å². The van der Waals surface area contributed by atoms with E-state index in [0.29, 0.717) is 12.5 Å². The summed E-state index contributed by atoms with van der Waals surface area (Å²) in [6.07, 6.45) is 2.23.